The maximum absolute atomic E-state index is 5.66. The van der Waals surface area contributed by atoms with Gasteiger partial charge in [-0.1, -0.05) is 15.9 Å². The molecule has 3 rings (SSSR count). The highest BCUT2D eigenvalue weighted by Gasteiger charge is 2.23. The van der Waals surface area contributed by atoms with Crippen LogP contribution >= 0.6 is 15.9 Å². The Morgan fingerprint density at radius 3 is 2.89 bits per heavy atom. The molecule has 0 aliphatic carbocycles. The summed E-state index contributed by atoms with van der Waals surface area (Å²) >= 11 is 3.43. The average Bonchev–Trinajstić information content (AvgIpc) is 2.94. The van der Waals surface area contributed by atoms with Gasteiger partial charge < -0.3 is 4.74 Å². The quantitative estimate of drug-likeness (QED) is 0.913. The Bertz CT molecular complexity index is 478. The third-order valence-corrected chi connectivity index (χ3v) is 3.56. The predicted octanol–water partition coefficient (Wildman–Crippen LogP) is 2.82. The van der Waals surface area contributed by atoms with E-state index in [1.165, 1.54) is 0 Å². The van der Waals surface area contributed by atoms with Crippen molar-refractivity contribution in [2.75, 3.05) is 11.6 Å². The number of anilines is 1. The summed E-state index contributed by atoms with van der Waals surface area (Å²) in [6.45, 7) is 0.839. The highest BCUT2D eigenvalue weighted by molar-refractivity contribution is 9.10. The molecule has 2 heterocycles. The lowest BCUT2D eigenvalue weighted by Gasteiger charge is -2.28. The predicted molar refractivity (Wildman–Crippen MR) is 75.3 cm³/mol. The molecule has 0 saturated carbocycles. The summed E-state index contributed by atoms with van der Waals surface area (Å²) in [5, 5.41) is 1.91. The van der Waals surface area contributed by atoms with Crippen LogP contribution < -0.4 is 10.4 Å². The van der Waals surface area contributed by atoms with Gasteiger partial charge in [0.25, 0.3) is 0 Å². The summed E-state index contributed by atoms with van der Waals surface area (Å²) in [5.74, 6) is 0. The zero-order chi connectivity index (χ0) is 12.4. The number of aliphatic imine (C=N–C) groups is 1. The van der Waals surface area contributed by atoms with Gasteiger partial charge in [0.2, 0.25) is 0 Å². The second-order valence-electron chi connectivity index (χ2n) is 4.31. The molecule has 4 nitrogen and oxygen atoms in total. The Labute approximate surface area is 114 Å². The Hall–Kier alpha value is -1.33. The van der Waals surface area contributed by atoms with E-state index in [4.69, 9.17) is 4.74 Å². The molecule has 94 valence electrons. The molecule has 1 N–H and O–H groups in total. The number of hydrogen-bond donors (Lipinski definition) is 1. The van der Waals surface area contributed by atoms with Gasteiger partial charge in [-0.15, -0.1) is 0 Å². The molecule has 1 aromatic rings. The van der Waals surface area contributed by atoms with E-state index in [9.17, 15) is 0 Å². The van der Waals surface area contributed by atoms with Crippen molar-refractivity contribution >= 4 is 28.0 Å². The van der Waals surface area contributed by atoms with Gasteiger partial charge in [0.1, 0.15) is 12.4 Å². The molecule has 1 unspecified atom stereocenters. The van der Waals surface area contributed by atoms with Crippen molar-refractivity contribution in [3.63, 3.8) is 0 Å². The van der Waals surface area contributed by atoms with Gasteiger partial charge in [0.05, 0.1) is 17.6 Å². The monoisotopic (exact) mass is 307 g/mol. The minimum Gasteiger partial charge on any atom is -0.372 e. The number of hydrazine groups is 1. The van der Waals surface area contributed by atoms with Crippen LogP contribution in [0.5, 0.6) is 0 Å². The second kappa shape index (κ2) is 5.12. The zero-order valence-corrected chi connectivity index (χ0v) is 11.4. The van der Waals surface area contributed by atoms with Crippen LogP contribution in [-0.2, 0) is 4.74 Å². The molecule has 5 heteroatoms. The third kappa shape index (κ3) is 2.42. The van der Waals surface area contributed by atoms with Crippen molar-refractivity contribution in [1.29, 1.82) is 0 Å². The van der Waals surface area contributed by atoms with Gasteiger partial charge in [-0.25, -0.2) is 10.0 Å². The number of ether oxygens (including phenoxy) is 1. The second-order valence-corrected chi connectivity index (χ2v) is 5.22. The van der Waals surface area contributed by atoms with Crippen molar-refractivity contribution in [2.45, 2.75) is 18.9 Å². The molecule has 1 fully saturated rings. The number of benzene rings is 1. The summed E-state index contributed by atoms with van der Waals surface area (Å²) in [6.07, 6.45) is 5.93. The molecule has 0 radical (unpaired) electrons. The first kappa shape index (κ1) is 11.7. The summed E-state index contributed by atoms with van der Waals surface area (Å²) < 4.78 is 6.72. The van der Waals surface area contributed by atoms with Gasteiger partial charge in [0.15, 0.2) is 0 Å². The van der Waals surface area contributed by atoms with Crippen LogP contribution in [0.2, 0.25) is 0 Å². The Morgan fingerprint density at radius 2 is 2.17 bits per heavy atom. The SMILES string of the molecule is Brc1ccc(N2C=NC=C(C3CCCO3)N2)cc1. The van der Waals surface area contributed by atoms with E-state index in [0.717, 1.165) is 35.3 Å². The van der Waals surface area contributed by atoms with Crippen molar-refractivity contribution in [3.05, 3.63) is 40.6 Å². The maximum atomic E-state index is 5.66. The van der Waals surface area contributed by atoms with E-state index in [1.54, 1.807) is 6.34 Å². The number of hydrogen-bond acceptors (Lipinski definition) is 4. The van der Waals surface area contributed by atoms with Gasteiger partial charge in [-0.05, 0) is 37.1 Å². The van der Waals surface area contributed by atoms with Crippen LogP contribution in [0.1, 0.15) is 12.8 Å². The molecule has 0 amide bonds. The normalized spacial score (nSPS) is 22.8. The van der Waals surface area contributed by atoms with E-state index in [2.05, 4.69) is 26.3 Å². The lowest BCUT2D eigenvalue weighted by Crippen LogP contribution is -2.41. The smallest absolute Gasteiger partial charge is 0.115 e. The molecule has 1 atom stereocenters. The van der Waals surface area contributed by atoms with Gasteiger partial charge in [-0.2, -0.15) is 0 Å². The average molecular weight is 308 g/mol. The number of rotatable bonds is 2. The van der Waals surface area contributed by atoms with Crippen LogP contribution in [-0.4, -0.2) is 19.0 Å². The highest BCUT2D eigenvalue weighted by atomic mass is 79.9. The summed E-state index contributed by atoms with van der Waals surface area (Å²) in [5.41, 5.74) is 5.41. The standard InChI is InChI=1S/C13H14BrN3O/c14-10-3-5-11(6-4-10)17-9-15-8-12(16-17)13-2-1-7-18-13/h3-6,8-9,13,16H,1-2,7H2. The van der Waals surface area contributed by atoms with E-state index in [1.807, 2.05) is 35.5 Å². The minimum absolute atomic E-state index is 0.153. The Balaban J connectivity index is 1.74. The number of nitrogens with zero attached hydrogens (tertiary/aromatic N) is 2. The van der Waals surface area contributed by atoms with Crippen LogP contribution in [0.15, 0.2) is 45.6 Å². The molecule has 2 aliphatic rings. The minimum atomic E-state index is 0.153. The molecule has 1 aromatic carbocycles. The molecule has 1 saturated heterocycles. The number of nitrogens with one attached hydrogen (secondary N) is 1. The highest BCUT2D eigenvalue weighted by Crippen LogP contribution is 2.22. The first-order chi connectivity index (χ1) is 8.83. The topological polar surface area (TPSA) is 36.9 Å². The van der Waals surface area contributed by atoms with Crippen LogP contribution in [0.3, 0.4) is 0 Å². The summed E-state index contributed by atoms with van der Waals surface area (Å²) in [7, 11) is 0. The Morgan fingerprint density at radius 1 is 1.33 bits per heavy atom. The molecular formula is C13H14BrN3O. The van der Waals surface area contributed by atoms with Gasteiger partial charge >= 0.3 is 0 Å². The fourth-order valence-electron chi connectivity index (χ4n) is 2.09. The van der Waals surface area contributed by atoms with Crippen LogP contribution in [0, 0.1) is 0 Å². The molecule has 0 spiro atoms. The Kier molecular flexibility index (Phi) is 3.34. The fourth-order valence-corrected chi connectivity index (χ4v) is 2.35. The van der Waals surface area contributed by atoms with Crippen molar-refractivity contribution in [3.8, 4) is 0 Å². The molecule has 0 bridgehead atoms. The van der Waals surface area contributed by atoms with E-state index < -0.39 is 0 Å². The molecule has 0 aromatic heterocycles. The zero-order valence-electron chi connectivity index (χ0n) is 9.84. The van der Waals surface area contributed by atoms with Crippen molar-refractivity contribution < 1.29 is 4.74 Å². The first-order valence-corrected chi connectivity index (χ1v) is 6.79. The molecular weight excluding hydrogens is 294 g/mol. The summed E-state index contributed by atoms with van der Waals surface area (Å²) in [6, 6.07) is 8.08. The van der Waals surface area contributed by atoms with Gasteiger partial charge in [0, 0.05) is 11.1 Å². The van der Waals surface area contributed by atoms with Crippen molar-refractivity contribution in [1.82, 2.24) is 5.43 Å². The van der Waals surface area contributed by atoms with E-state index in [0.29, 0.717) is 0 Å². The van der Waals surface area contributed by atoms with Crippen molar-refractivity contribution in [2.24, 2.45) is 4.99 Å². The lowest BCUT2D eigenvalue weighted by molar-refractivity contribution is 0.131. The first-order valence-electron chi connectivity index (χ1n) is 5.99. The lowest BCUT2D eigenvalue weighted by atomic mass is 10.2. The maximum Gasteiger partial charge on any atom is 0.115 e. The largest absolute Gasteiger partial charge is 0.372 e. The van der Waals surface area contributed by atoms with Crippen LogP contribution in [0.4, 0.5) is 5.69 Å². The van der Waals surface area contributed by atoms with Crippen LogP contribution in [0.25, 0.3) is 0 Å². The molecule has 2 aliphatic heterocycles. The summed E-state index contributed by atoms with van der Waals surface area (Å²) in [4.78, 5) is 4.27. The third-order valence-electron chi connectivity index (χ3n) is 3.03. The molecule has 18 heavy (non-hydrogen) atoms. The van der Waals surface area contributed by atoms with E-state index >= 15 is 0 Å². The number of halogens is 1. The van der Waals surface area contributed by atoms with Gasteiger partial charge in [-0.3, -0.25) is 5.43 Å². The van der Waals surface area contributed by atoms with E-state index in [-0.39, 0.29) is 6.10 Å². The fraction of sp³-hybridized carbons (Fsp3) is 0.308.